The zero-order valence-corrected chi connectivity index (χ0v) is 6.69. The normalized spacial score (nSPS) is 12.5. The quantitative estimate of drug-likeness (QED) is 0.141. The van der Waals surface area contributed by atoms with E-state index in [1.54, 1.807) is 0 Å². The molecular weight excluding hydrogens is 180 g/mol. The second kappa shape index (κ2) is 3.33. The molecule has 0 bridgehead atoms. The molecule has 9 nitrogen and oxygen atoms in total. The smallest absolute Gasteiger partial charge is 0.364 e. The van der Waals surface area contributed by atoms with Crippen LogP contribution in [0, 0.1) is 0 Å². The Kier molecular flexibility index (Phi) is 3.05. The predicted molar refractivity (Wildman–Crippen MR) is 41.7 cm³/mol. The van der Waals surface area contributed by atoms with Gasteiger partial charge in [0.05, 0.1) is 0 Å². The number of ether oxygens (including phenoxy) is 1. The first kappa shape index (κ1) is 11.9. The van der Waals surface area contributed by atoms with Crippen LogP contribution >= 0.6 is 0 Å². The fraction of sp³-hybridized carbons (Fsp3) is 0.500. The van der Waals surface area contributed by atoms with Gasteiger partial charge in [-0.3, -0.25) is 34.4 Å². The second-order valence-electron chi connectivity index (χ2n) is 2.54. The van der Waals surface area contributed by atoms with Crippen LogP contribution in [-0.2, 0) is 14.3 Å². The average molecular weight is 192 g/mol. The van der Waals surface area contributed by atoms with Gasteiger partial charge in [0.1, 0.15) is 0 Å². The van der Waals surface area contributed by atoms with Crippen molar-refractivity contribution in [2.45, 2.75) is 11.6 Å². The molecule has 0 aromatic carbocycles. The van der Waals surface area contributed by atoms with Crippen molar-refractivity contribution in [1.29, 1.82) is 0 Å². The molecule has 0 atom stereocenters. The lowest BCUT2D eigenvalue weighted by molar-refractivity contribution is -0.167. The Morgan fingerprint density at radius 1 is 0.769 bits per heavy atom. The Morgan fingerprint density at radius 2 is 1.00 bits per heavy atom. The van der Waals surface area contributed by atoms with Gasteiger partial charge in [0.15, 0.2) is 0 Å². The molecule has 0 unspecified atom stereocenters. The van der Waals surface area contributed by atoms with E-state index in [0.29, 0.717) is 0 Å². The van der Waals surface area contributed by atoms with Crippen LogP contribution in [0.2, 0.25) is 0 Å². The molecule has 0 aromatic rings. The van der Waals surface area contributed by atoms with Crippen molar-refractivity contribution in [3.05, 3.63) is 0 Å². The molecule has 0 aliphatic rings. The number of carbonyl (C=O) groups excluding carboxylic acids is 2. The molecule has 0 aliphatic heterocycles. The first-order valence-electron chi connectivity index (χ1n) is 3.05. The molecule has 0 aromatic heterocycles. The van der Waals surface area contributed by atoms with Crippen LogP contribution in [0.5, 0.6) is 0 Å². The number of hydrogen-bond donors (Lipinski definition) is 6. The van der Waals surface area contributed by atoms with Gasteiger partial charge in [0, 0.05) is 0 Å². The van der Waals surface area contributed by atoms with Crippen LogP contribution in [0.3, 0.4) is 0 Å². The third-order valence-corrected chi connectivity index (χ3v) is 0.893. The van der Waals surface area contributed by atoms with E-state index in [4.69, 9.17) is 34.4 Å². The highest BCUT2D eigenvalue weighted by Crippen LogP contribution is 1.91. The topological polar surface area (TPSA) is 199 Å². The average Bonchev–Trinajstić information content (AvgIpc) is 1.82. The first-order chi connectivity index (χ1) is 5.55. The van der Waals surface area contributed by atoms with Gasteiger partial charge in [-0.1, -0.05) is 0 Å². The Hall–Kier alpha value is -1.10. The molecular formula is C4H12N6O3. The lowest BCUT2D eigenvalue weighted by Gasteiger charge is -2.19. The van der Waals surface area contributed by atoms with Gasteiger partial charge < -0.3 is 4.74 Å². The van der Waals surface area contributed by atoms with Gasteiger partial charge in [-0.25, -0.2) is 9.59 Å². The highest BCUT2D eigenvalue weighted by Gasteiger charge is 2.34. The minimum absolute atomic E-state index is 1.39. The summed E-state index contributed by atoms with van der Waals surface area (Å²) in [4.78, 5) is 21.5. The highest BCUT2D eigenvalue weighted by atomic mass is 16.6. The fourth-order valence-electron chi connectivity index (χ4n) is 0.261. The molecule has 0 aliphatic carbocycles. The molecule has 0 fully saturated rings. The number of carbonyl (C=O) groups is 2. The molecule has 0 rings (SSSR count). The van der Waals surface area contributed by atoms with Crippen LogP contribution < -0.4 is 34.4 Å². The van der Waals surface area contributed by atoms with E-state index in [9.17, 15) is 9.59 Å². The van der Waals surface area contributed by atoms with Gasteiger partial charge in [-0.05, 0) is 0 Å². The van der Waals surface area contributed by atoms with Crippen LogP contribution in [0.1, 0.15) is 0 Å². The third kappa shape index (κ3) is 3.89. The Bertz CT molecular complexity index is 201. The van der Waals surface area contributed by atoms with Gasteiger partial charge >= 0.3 is 11.9 Å². The zero-order valence-electron chi connectivity index (χ0n) is 6.69. The Balaban J connectivity index is 4.34. The predicted octanol–water partition coefficient (Wildman–Crippen LogP) is -4.88. The number of nitrogens with two attached hydrogens (primary N) is 6. The maximum Gasteiger partial charge on any atom is 0.364 e. The van der Waals surface area contributed by atoms with Crippen LogP contribution in [0.4, 0.5) is 0 Å². The maximum atomic E-state index is 10.7. The molecule has 0 radical (unpaired) electrons. The van der Waals surface area contributed by atoms with Gasteiger partial charge in [-0.2, -0.15) is 0 Å². The zero-order chi connectivity index (χ0) is 10.9. The SMILES string of the molecule is NC(N)(N)C(=O)OC(=O)C(N)(N)N. The highest BCUT2D eigenvalue weighted by molar-refractivity contribution is 5.93. The van der Waals surface area contributed by atoms with E-state index in [2.05, 4.69) is 4.74 Å². The van der Waals surface area contributed by atoms with Crippen molar-refractivity contribution in [3.63, 3.8) is 0 Å². The first-order valence-corrected chi connectivity index (χ1v) is 3.05. The van der Waals surface area contributed by atoms with E-state index < -0.39 is 23.5 Å². The number of esters is 2. The van der Waals surface area contributed by atoms with Gasteiger partial charge in [0.2, 0.25) is 11.6 Å². The summed E-state index contributed by atoms with van der Waals surface area (Å²) in [5, 5.41) is 0. The lowest BCUT2D eigenvalue weighted by Crippen LogP contribution is -2.69. The Morgan fingerprint density at radius 3 is 1.15 bits per heavy atom. The summed E-state index contributed by atoms with van der Waals surface area (Å²) in [7, 11) is 0. The summed E-state index contributed by atoms with van der Waals surface area (Å²) in [6, 6.07) is 0. The standard InChI is InChI=1S/C4H12N6O3/c5-3(6,7)1(11)13-2(12)4(8,9)10/h5-10H2. The summed E-state index contributed by atoms with van der Waals surface area (Å²) in [5.74, 6) is -7.35. The van der Waals surface area contributed by atoms with E-state index in [-0.39, 0.29) is 0 Å². The van der Waals surface area contributed by atoms with E-state index in [0.717, 1.165) is 0 Å². The summed E-state index contributed by atoms with van der Waals surface area (Å²) in [6.45, 7) is 0. The van der Waals surface area contributed by atoms with Crippen molar-refractivity contribution >= 4 is 11.9 Å². The largest absolute Gasteiger partial charge is 0.386 e. The van der Waals surface area contributed by atoms with Crippen molar-refractivity contribution < 1.29 is 14.3 Å². The van der Waals surface area contributed by atoms with Crippen LogP contribution in [-0.4, -0.2) is 23.5 Å². The monoisotopic (exact) mass is 192 g/mol. The van der Waals surface area contributed by atoms with E-state index in [1.807, 2.05) is 0 Å². The summed E-state index contributed by atoms with van der Waals surface area (Å²) in [5.41, 5.74) is 29.3. The van der Waals surface area contributed by atoms with Gasteiger partial charge in [-0.15, -0.1) is 0 Å². The van der Waals surface area contributed by atoms with Crippen molar-refractivity contribution in [2.24, 2.45) is 34.4 Å². The summed E-state index contributed by atoms with van der Waals surface area (Å²) in [6.07, 6.45) is 0. The molecule has 0 heterocycles. The summed E-state index contributed by atoms with van der Waals surface area (Å²) < 4.78 is 3.95. The summed E-state index contributed by atoms with van der Waals surface area (Å²) >= 11 is 0. The third-order valence-electron chi connectivity index (χ3n) is 0.893. The molecule has 9 heteroatoms. The molecule has 13 heavy (non-hydrogen) atoms. The second-order valence-corrected chi connectivity index (χ2v) is 2.54. The molecule has 12 N–H and O–H groups in total. The van der Waals surface area contributed by atoms with Crippen LogP contribution in [0.25, 0.3) is 0 Å². The van der Waals surface area contributed by atoms with Crippen molar-refractivity contribution in [3.8, 4) is 0 Å². The van der Waals surface area contributed by atoms with E-state index in [1.165, 1.54) is 0 Å². The fourth-order valence-corrected chi connectivity index (χ4v) is 0.261. The minimum Gasteiger partial charge on any atom is -0.386 e. The molecule has 0 saturated carbocycles. The lowest BCUT2D eigenvalue weighted by atomic mass is 10.4. The maximum absolute atomic E-state index is 10.7. The number of rotatable bonds is 2. The molecule has 0 spiro atoms. The minimum atomic E-state index is -2.29. The van der Waals surface area contributed by atoms with Gasteiger partial charge in [0.25, 0.3) is 0 Å². The Labute approximate surface area is 73.3 Å². The van der Waals surface area contributed by atoms with Crippen molar-refractivity contribution in [1.82, 2.24) is 0 Å². The molecule has 0 saturated heterocycles. The van der Waals surface area contributed by atoms with Crippen molar-refractivity contribution in [2.75, 3.05) is 0 Å². The van der Waals surface area contributed by atoms with E-state index >= 15 is 0 Å². The molecule has 0 amide bonds. The molecule has 76 valence electrons. The number of hydrogen-bond acceptors (Lipinski definition) is 9. The van der Waals surface area contributed by atoms with Crippen LogP contribution in [0.15, 0.2) is 0 Å².